The van der Waals surface area contributed by atoms with Crippen LogP contribution in [0.4, 0.5) is 0 Å². The number of rotatable bonds is 4. The molecule has 0 unspecified atom stereocenters. The second-order valence-corrected chi connectivity index (χ2v) is 4.69. The van der Waals surface area contributed by atoms with Crippen LogP contribution >= 0.6 is 0 Å². The Labute approximate surface area is 112 Å². The SMILES string of the molecule is CC(C)N(CCO)C(=O)c1cccc2ncccc12. The maximum Gasteiger partial charge on any atom is 0.254 e. The predicted octanol–water partition coefficient (Wildman–Crippen LogP) is 2.08. The highest BCUT2D eigenvalue weighted by Crippen LogP contribution is 2.19. The van der Waals surface area contributed by atoms with Crippen molar-refractivity contribution in [2.45, 2.75) is 19.9 Å². The highest BCUT2D eigenvalue weighted by atomic mass is 16.3. The zero-order valence-electron chi connectivity index (χ0n) is 11.2. The first-order chi connectivity index (χ1) is 9.15. The zero-order chi connectivity index (χ0) is 13.8. The summed E-state index contributed by atoms with van der Waals surface area (Å²) in [6, 6.07) is 9.29. The van der Waals surface area contributed by atoms with E-state index in [0.717, 1.165) is 10.9 Å². The zero-order valence-corrected chi connectivity index (χ0v) is 11.2. The monoisotopic (exact) mass is 258 g/mol. The molecule has 1 N–H and O–H groups in total. The molecule has 0 aliphatic heterocycles. The summed E-state index contributed by atoms with van der Waals surface area (Å²) in [5.74, 6) is -0.0670. The molecular formula is C15H18N2O2. The molecule has 2 rings (SSSR count). The van der Waals surface area contributed by atoms with Crippen molar-refractivity contribution in [1.82, 2.24) is 9.88 Å². The molecule has 0 saturated carbocycles. The number of aliphatic hydroxyl groups is 1. The molecular weight excluding hydrogens is 240 g/mol. The number of pyridine rings is 1. The summed E-state index contributed by atoms with van der Waals surface area (Å²) in [4.78, 5) is 18.5. The number of amides is 1. The van der Waals surface area contributed by atoms with Gasteiger partial charge in [-0.3, -0.25) is 9.78 Å². The summed E-state index contributed by atoms with van der Waals surface area (Å²) in [6.07, 6.45) is 1.71. The van der Waals surface area contributed by atoms with Crippen LogP contribution in [0.2, 0.25) is 0 Å². The van der Waals surface area contributed by atoms with Crippen molar-refractivity contribution < 1.29 is 9.90 Å². The van der Waals surface area contributed by atoms with Gasteiger partial charge in [-0.1, -0.05) is 12.1 Å². The van der Waals surface area contributed by atoms with Gasteiger partial charge in [0.25, 0.3) is 5.91 Å². The molecule has 1 aromatic heterocycles. The molecule has 1 aromatic carbocycles. The molecule has 4 heteroatoms. The number of nitrogens with zero attached hydrogens (tertiary/aromatic N) is 2. The molecule has 19 heavy (non-hydrogen) atoms. The van der Waals surface area contributed by atoms with Crippen LogP contribution < -0.4 is 0 Å². The highest BCUT2D eigenvalue weighted by molar-refractivity contribution is 6.06. The Morgan fingerprint density at radius 3 is 2.79 bits per heavy atom. The molecule has 0 radical (unpaired) electrons. The van der Waals surface area contributed by atoms with Crippen LogP contribution in [-0.2, 0) is 0 Å². The van der Waals surface area contributed by atoms with Gasteiger partial charge in [-0.15, -0.1) is 0 Å². The van der Waals surface area contributed by atoms with Crippen molar-refractivity contribution in [3.05, 3.63) is 42.1 Å². The molecule has 2 aromatic rings. The molecule has 0 aliphatic carbocycles. The van der Waals surface area contributed by atoms with Crippen molar-refractivity contribution in [2.75, 3.05) is 13.2 Å². The molecule has 1 heterocycles. The molecule has 0 bridgehead atoms. The first-order valence-corrected chi connectivity index (χ1v) is 6.40. The van der Waals surface area contributed by atoms with Gasteiger partial charge in [0.2, 0.25) is 0 Å². The largest absolute Gasteiger partial charge is 0.395 e. The second kappa shape index (κ2) is 5.80. The number of hydrogen-bond donors (Lipinski definition) is 1. The molecule has 0 spiro atoms. The van der Waals surface area contributed by atoms with Gasteiger partial charge in [0.1, 0.15) is 0 Å². The third kappa shape index (κ3) is 2.74. The Balaban J connectivity index is 2.45. The smallest absolute Gasteiger partial charge is 0.254 e. The third-order valence-electron chi connectivity index (χ3n) is 3.10. The van der Waals surface area contributed by atoms with Crippen LogP contribution in [-0.4, -0.2) is 40.1 Å². The van der Waals surface area contributed by atoms with E-state index in [1.807, 2.05) is 38.1 Å². The number of benzene rings is 1. The number of carbonyl (C=O) groups is 1. The van der Waals surface area contributed by atoms with E-state index in [1.54, 1.807) is 17.2 Å². The Morgan fingerprint density at radius 1 is 1.32 bits per heavy atom. The van der Waals surface area contributed by atoms with Crippen molar-refractivity contribution in [2.24, 2.45) is 0 Å². The van der Waals surface area contributed by atoms with E-state index in [1.165, 1.54) is 0 Å². The lowest BCUT2D eigenvalue weighted by atomic mass is 10.1. The topological polar surface area (TPSA) is 53.4 Å². The Kier molecular flexibility index (Phi) is 4.12. The fraction of sp³-hybridized carbons (Fsp3) is 0.333. The van der Waals surface area contributed by atoms with E-state index in [4.69, 9.17) is 5.11 Å². The summed E-state index contributed by atoms with van der Waals surface area (Å²) >= 11 is 0. The van der Waals surface area contributed by atoms with Crippen LogP contribution in [0.25, 0.3) is 10.9 Å². The summed E-state index contributed by atoms with van der Waals surface area (Å²) in [7, 11) is 0. The van der Waals surface area contributed by atoms with Crippen molar-refractivity contribution >= 4 is 16.8 Å². The number of aliphatic hydroxyl groups excluding tert-OH is 1. The quantitative estimate of drug-likeness (QED) is 0.913. The van der Waals surface area contributed by atoms with Crippen molar-refractivity contribution in [3.8, 4) is 0 Å². The average Bonchev–Trinajstić information content (AvgIpc) is 2.43. The Hall–Kier alpha value is -1.94. The van der Waals surface area contributed by atoms with Gasteiger partial charge in [-0.2, -0.15) is 0 Å². The number of aromatic nitrogens is 1. The van der Waals surface area contributed by atoms with Gasteiger partial charge in [0.05, 0.1) is 12.1 Å². The lowest BCUT2D eigenvalue weighted by molar-refractivity contribution is 0.0667. The maximum atomic E-state index is 12.6. The minimum atomic E-state index is -0.0670. The number of carbonyl (C=O) groups excluding carboxylic acids is 1. The fourth-order valence-electron chi connectivity index (χ4n) is 2.15. The van der Waals surface area contributed by atoms with E-state index in [-0.39, 0.29) is 18.6 Å². The standard InChI is InChI=1S/C15H18N2O2/c1-11(2)17(9-10-18)15(19)13-5-3-7-14-12(13)6-4-8-16-14/h3-8,11,18H,9-10H2,1-2H3. The van der Waals surface area contributed by atoms with Gasteiger partial charge < -0.3 is 10.0 Å². The van der Waals surface area contributed by atoms with Crippen LogP contribution in [0.3, 0.4) is 0 Å². The van der Waals surface area contributed by atoms with Crippen LogP contribution in [0.15, 0.2) is 36.5 Å². The lowest BCUT2D eigenvalue weighted by Crippen LogP contribution is -2.39. The Bertz CT molecular complexity index is 576. The first kappa shape index (κ1) is 13.5. The summed E-state index contributed by atoms with van der Waals surface area (Å²) in [5, 5.41) is 9.93. The molecule has 0 saturated heterocycles. The van der Waals surface area contributed by atoms with E-state index >= 15 is 0 Å². The normalized spacial score (nSPS) is 10.9. The summed E-state index contributed by atoms with van der Waals surface area (Å²) in [5.41, 5.74) is 1.44. The molecule has 4 nitrogen and oxygen atoms in total. The molecule has 1 amide bonds. The van der Waals surface area contributed by atoms with Crippen LogP contribution in [0.1, 0.15) is 24.2 Å². The lowest BCUT2D eigenvalue weighted by Gasteiger charge is -2.26. The van der Waals surface area contributed by atoms with Crippen molar-refractivity contribution in [1.29, 1.82) is 0 Å². The number of fused-ring (bicyclic) bond motifs is 1. The molecule has 0 aliphatic rings. The minimum absolute atomic E-state index is 0.0348. The van der Waals surface area contributed by atoms with E-state index in [0.29, 0.717) is 12.1 Å². The second-order valence-electron chi connectivity index (χ2n) is 4.69. The molecule has 0 fully saturated rings. The minimum Gasteiger partial charge on any atom is -0.395 e. The number of hydrogen-bond acceptors (Lipinski definition) is 3. The fourth-order valence-corrected chi connectivity index (χ4v) is 2.15. The van der Waals surface area contributed by atoms with E-state index in [2.05, 4.69) is 4.98 Å². The average molecular weight is 258 g/mol. The maximum absolute atomic E-state index is 12.6. The van der Waals surface area contributed by atoms with Gasteiger partial charge in [-0.25, -0.2) is 0 Å². The van der Waals surface area contributed by atoms with Crippen molar-refractivity contribution in [3.63, 3.8) is 0 Å². The molecule has 0 atom stereocenters. The summed E-state index contributed by atoms with van der Waals surface area (Å²) < 4.78 is 0. The van der Waals surface area contributed by atoms with Gasteiger partial charge in [0.15, 0.2) is 0 Å². The first-order valence-electron chi connectivity index (χ1n) is 6.40. The van der Waals surface area contributed by atoms with Crippen LogP contribution in [0.5, 0.6) is 0 Å². The highest BCUT2D eigenvalue weighted by Gasteiger charge is 2.19. The molecule has 100 valence electrons. The Morgan fingerprint density at radius 2 is 2.11 bits per heavy atom. The van der Waals surface area contributed by atoms with Crippen LogP contribution in [0, 0.1) is 0 Å². The van der Waals surface area contributed by atoms with Gasteiger partial charge in [-0.05, 0) is 32.0 Å². The van der Waals surface area contributed by atoms with E-state index < -0.39 is 0 Å². The van der Waals surface area contributed by atoms with E-state index in [9.17, 15) is 4.79 Å². The van der Waals surface area contributed by atoms with Gasteiger partial charge in [0, 0.05) is 29.7 Å². The third-order valence-corrected chi connectivity index (χ3v) is 3.10. The summed E-state index contributed by atoms with van der Waals surface area (Å²) in [6.45, 7) is 4.19. The predicted molar refractivity (Wildman–Crippen MR) is 75.0 cm³/mol. The van der Waals surface area contributed by atoms with Gasteiger partial charge >= 0.3 is 0 Å².